The third kappa shape index (κ3) is 4.31. The molecular weight excluding hydrogens is 288 g/mol. The van der Waals surface area contributed by atoms with Crippen molar-refractivity contribution in [2.75, 3.05) is 5.32 Å². The van der Waals surface area contributed by atoms with E-state index >= 15 is 0 Å². The summed E-state index contributed by atoms with van der Waals surface area (Å²) in [5.74, 6) is -0.204. The summed E-state index contributed by atoms with van der Waals surface area (Å²) >= 11 is 0. The van der Waals surface area contributed by atoms with Crippen molar-refractivity contribution in [2.45, 2.75) is 26.8 Å². The Morgan fingerprint density at radius 3 is 2.48 bits per heavy atom. The smallest absolute Gasteiger partial charge is 0.241 e. The van der Waals surface area contributed by atoms with Gasteiger partial charge < -0.3 is 11.1 Å². The van der Waals surface area contributed by atoms with Crippen LogP contribution in [0.25, 0.3) is 5.69 Å². The van der Waals surface area contributed by atoms with E-state index in [1.807, 2.05) is 51.1 Å². The minimum absolute atomic E-state index is 0. The van der Waals surface area contributed by atoms with Crippen LogP contribution in [0.5, 0.6) is 0 Å². The molecule has 0 aliphatic rings. The molecule has 0 spiro atoms. The van der Waals surface area contributed by atoms with Crippen molar-refractivity contribution < 1.29 is 4.79 Å². The second kappa shape index (κ2) is 6.74. The summed E-state index contributed by atoms with van der Waals surface area (Å²) in [4.78, 5) is 12.0. The Hall–Kier alpha value is -1.85. The highest BCUT2D eigenvalue weighted by molar-refractivity contribution is 5.95. The SMILES string of the molecule is CC(C)(C)[C@H](N)C(=O)Nc1cnn(-c2ccccc2)c1.Cl. The standard InChI is InChI=1S/C15H20N4O.ClH/c1-15(2,3)13(16)14(20)18-11-9-17-19(10-11)12-7-5-4-6-8-12;/h4-10,13H,16H2,1-3H3,(H,18,20);1H/t13-;/m1./s1. The van der Waals surface area contributed by atoms with Gasteiger partial charge in [-0.15, -0.1) is 12.4 Å². The van der Waals surface area contributed by atoms with Gasteiger partial charge >= 0.3 is 0 Å². The van der Waals surface area contributed by atoms with Gasteiger partial charge in [0, 0.05) is 0 Å². The zero-order valence-corrected chi connectivity index (χ0v) is 13.2. The number of nitrogens with two attached hydrogens (primary N) is 1. The van der Waals surface area contributed by atoms with Crippen molar-refractivity contribution in [3.8, 4) is 5.69 Å². The third-order valence-electron chi connectivity index (χ3n) is 3.09. The van der Waals surface area contributed by atoms with Gasteiger partial charge in [0.2, 0.25) is 5.91 Å². The molecule has 1 amide bonds. The number of hydrogen-bond acceptors (Lipinski definition) is 3. The third-order valence-corrected chi connectivity index (χ3v) is 3.09. The molecule has 21 heavy (non-hydrogen) atoms. The largest absolute Gasteiger partial charge is 0.322 e. The van der Waals surface area contributed by atoms with Crippen molar-refractivity contribution in [3.05, 3.63) is 42.7 Å². The van der Waals surface area contributed by atoms with Crippen LogP contribution in [0.3, 0.4) is 0 Å². The molecule has 0 bridgehead atoms. The summed E-state index contributed by atoms with van der Waals surface area (Å²) in [6, 6.07) is 9.13. The van der Waals surface area contributed by atoms with E-state index in [0.717, 1.165) is 5.69 Å². The van der Waals surface area contributed by atoms with Gasteiger partial charge in [0.1, 0.15) is 0 Å². The van der Waals surface area contributed by atoms with E-state index in [-0.39, 0.29) is 23.7 Å². The number of hydrogen-bond donors (Lipinski definition) is 2. The number of halogens is 1. The lowest BCUT2D eigenvalue weighted by Gasteiger charge is -2.25. The van der Waals surface area contributed by atoms with Gasteiger partial charge in [-0.25, -0.2) is 4.68 Å². The maximum atomic E-state index is 12.0. The van der Waals surface area contributed by atoms with Crippen molar-refractivity contribution in [1.29, 1.82) is 0 Å². The minimum atomic E-state index is -0.567. The van der Waals surface area contributed by atoms with Crippen molar-refractivity contribution in [2.24, 2.45) is 11.1 Å². The maximum absolute atomic E-state index is 12.0. The monoisotopic (exact) mass is 308 g/mol. The van der Waals surface area contributed by atoms with E-state index in [1.165, 1.54) is 0 Å². The summed E-state index contributed by atoms with van der Waals surface area (Å²) in [7, 11) is 0. The van der Waals surface area contributed by atoms with Crippen molar-refractivity contribution >= 4 is 24.0 Å². The molecule has 114 valence electrons. The summed E-state index contributed by atoms with van der Waals surface area (Å²) in [5.41, 5.74) is 7.22. The number of amides is 1. The highest BCUT2D eigenvalue weighted by Gasteiger charge is 2.27. The molecule has 0 aliphatic carbocycles. The second-order valence-corrected chi connectivity index (χ2v) is 5.84. The van der Waals surface area contributed by atoms with Gasteiger partial charge in [-0.05, 0) is 17.5 Å². The minimum Gasteiger partial charge on any atom is -0.322 e. The molecule has 1 heterocycles. The molecular formula is C15H21ClN4O. The van der Waals surface area contributed by atoms with Gasteiger partial charge in [-0.3, -0.25) is 4.79 Å². The molecule has 2 rings (SSSR count). The zero-order chi connectivity index (χ0) is 14.8. The molecule has 6 heteroatoms. The Bertz CT molecular complexity index is 589. The van der Waals surface area contributed by atoms with Crippen LogP contribution in [0.15, 0.2) is 42.7 Å². The molecule has 0 aliphatic heterocycles. The van der Waals surface area contributed by atoms with Crippen molar-refractivity contribution in [1.82, 2.24) is 9.78 Å². The lowest BCUT2D eigenvalue weighted by molar-refractivity contribution is -0.119. The Morgan fingerprint density at radius 1 is 1.29 bits per heavy atom. The molecule has 1 aromatic carbocycles. The number of aromatic nitrogens is 2. The van der Waals surface area contributed by atoms with Crippen LogP contribution in [0, 0.1) is 5.41 Å². The summed E-state index contributed by atoms with van der Waals surface area (Å²) in [6.45, 7) is 5.81. The number of nitrogens with zero attached hydrogens (tertiary/aromatic N) is 2. The predicted octanol–water partition coefficient (Wildman–Crippen LogP) is 2.61. The topological polar surface area (TPSA) is 72.9 Å². The molecule has 0 fully saturated rings. The quantitative estimate of drug-likeness (QED) is 0.915. The number of nitrogens with one attached hydrogen (secondary N) is 1. The van der Waals surface area contributed by atoms with Gasteiger partial charge in [-0.2, -0.15) is 5.10 Å². The first-order chi connectivity index (χ1) is 9.38. The Morgan fingerprint density at radius 2 is 1.90 bits per heavy atom. The molecule has 1 atom stereocenters. The van der Waals surface area contributed by atoms with Gasteiger partial charge in [0.25, 0.3) is 0 Å². The van der Waals surface area contributed by atoms with Gasteiger partial charge in [0.15, 0.2) is 0 Å². The fraction of sp³-hybridized carbons (Fsp3) is 0.333. The van der Waals surface area contributed by atoms with E-state index in [1.54, 1.807) is 17.1 Å². The van der Waals surface area contributed by atoms with E-state index in [2.05, 4.69) is 10.4 Å². The average molecular weight is 309 g/mol. The lowest BCUT2D eigenvalue weighted by Crippen LogP contribution is -2.45. The highest BCUT2D eigenvalue weighted by atomic mass is 35.5. The number of carbonyl (C=O) groups is 1. The second-order valence-electron chi connectivity index (χ2n) is 5.84. The van der Waals surface area contributed by atoms with Gasteiger partial charge in [0.05, 0.1) is 29.8 Å². The molecule has 0 saturated heterocycles. The Labute approximate surface area is 130 Å². The summed E-state index contributed by atoms with van der Waals surface area (Å²) in [6.07, 6.45) is 3.38. The fourth-order valence-electron chi connectivity index (χ4n) is 1.72. The highest BCUT2D eigenvalue weighted by Crippen LogP contribution is 2.19. The van der Waals surface area contributed by atoms with Crippen LogP contribution in [0.4, 0.5) is 5.69 Å². The molecule has 2 aromatic rings. The summed E-state index contributed by atoms with van der Waals surface area (Å²) < 4.78 is 1.71. The van der Waals surface area contributed by atoms with Crippen LogP contribution in [0.1, 0.15) is 20.8 Å². The first kappa shape index (κ1) is 17.2. The van der Waals surface area contributed by atoms with Crippen LogP contribution in [-0.4, -0.2) is 21.7 Å². The van der Waals surface area contributed by atoms with E-state index in [4.69, 9.17) is 5.73 Å². The predicted molar refractivity (Wildman–Crippen MR) is 86.9 cm³/mol. The van der Waals surface area contributed by atoms with Gasteiger partial charge in [-0.1, -0.05) is 39.0 Å². The van der Waals surface area contributed by atoms with E-state index in [9.17, 15) is 4.79 Å². The van der Waals surface area contributed by atoms with Crippen LogP contribution < -0.4 is 11.1 Å². The Kier molecular flexibility index (Phi) is 5.52. The number of anilines is 1. The zero-order valence-electron chi connectivity index (χ0n) is 12.4. The van der Waals surface area contributed by atoms with Crippen LogP contribution in [0.2, 0.25) is 0 Å². The van der Waals surface area contributed by atoms with Crippen LogP contribution >= 0.6 is 12.4 Å². The molecule has 0 radical (unpaired) electrons. The number of carbonyl (C=O) groups excluding carboxylic acids is 1. The van der Waals surface area contributed by atoms with E-state index < -0.39 is 6.04 Å². The van der Waals surface area contributed by atoms with Crippen LogP contribution in [-0.2, 0) is 4.79 Å². The fourth-order valence-corrected chi connectivity index (χ4v) is 1.72. The number of para-hydroxylation sites is 1. The lowest BCUT2D eigenvalue weighted by atomic mass is 9.87. The number of benzene rings is 1. The van der Waals surface area contributed by atoms with E-state index in [0.29, 0.717) is 5.69 Å². The molecule has 0 unspecified atom stereocenters. The Balaban J connectivity index is 0.00000220. The molecule has 5 nitrogen and oxygen atoms in total. The summed E-state index contributed by atoms with van der Waals surface area (Å²) in [5, 5.41) is 7.01. The first-order valence-electron chi connectivity index (χ1n) is 6.54. The van der Waals surface area contributed by atoms with Crippen molar-refractivity contribution in [3.63, 3.8) is 0 Å². The molecule has 1 aromatic heterocycles. The molecule has 3 N–H and O–H groups in total. The first-order valence-corrected chi connectivity index (χ1v) is 6.54. The average Bonchev–Trinajstić information content (AvgIpc) is 2.86. The number of rotatable bonds is 3. The normalized spacial score (nSPS) is 12.4. The maximum Gasteiger partial charge on any atom is 0.241 e. The molecule has 0 saturated carbocycles.